The van der Waals surface area contributed by atoms with Gasteiger partial charge in [-0.1, -0.05) is 6.92 Å². The monoisotopic (exact) mass is 249 g/mol. The molecule has 0 spiro atoms. The van der Waals surface area contributed by atoms with E-state index in [9.17, 15) is 0 Å². The summed E-state index contributed by atoms with van der Waals surface area (Å²) in [4.78, 5) is 0. The average molecular weight is 249 g/mol. The average Bonchev–Trinajstić information content (AvgIpc) is 2.41. The van der Waals surface area contributed by atoms with E-state index in [4.69, 9.17) is 4.74 Å². The molecule has 0 aromatic carbocycles. The van der Waals surface area contributed by atoms with E-state index < -0.39 is 0 Å². The van der Waals surface area contributed by atoms with Crippen LogP contribution in [0.3, 0.4) is 0 Å². The van der Waals surface area contributed by atoms with Crippen LogP contribution in [0.25, 0.3) is 0 Å². The Bertz CT molecular complexity index is 389. The molecule has 100 valence electrons. The molecule has 0 bridgehead atoms. The first-order valence-electron chi connectivity index (χ1n) is 6.84. The van der Waals surface area contributed by atoms with Crippen molar-refractivity contribution in [2.75, 3.05) is 20.3 Å². The van der Waals surface area contributed by atoms with Crippen molar-refractivity contribution < 1.29 is 4.74 Å². The molecule has 2 rings (SSSR count). The predicted octanol–water partition coefficient (Wildman–Crippen LogP) is 2.03. The summed E-state index contributed by atoms with van der Waals surface area (Å²) in [6.45, 7) is 5.90. The molecule has 1 aliphatic heterocycles. The number of nitrogens with zero attached hydrogens (tertiary/aromatic N) is 2. The number of hydrogen-bond acceptors (Lipinski definition) is 4. The first kappa shape index (κ1) is 13.4. The molecule has 0 saturated carbocycles. The molecule has 2 heterocycles. The van der Waals surface area contributed by atoms with Crippen LogP contribution < -0.4 is 5.32 Å². The topological polar surface area (TPSA) is 47.0 Å². The van der Waals surface area contributed by atoms with Crippen LogP contribution in [-0.2, 0) is 11.2 Å². The molecular formula is C14H23N3O. The maximum atomic E-state index is 5.45. The van der Waals surface area contributed by atoms with Crippen LogP contribution in [0.5, 0.6) is 0 Å². The second kappa shape index (κ2) is 6.25. The normalized spacial score (nSPS) is 18.8. The van der Waals surface area contributed by atoms with Crippen molar-refractivity contribution >= 4 is 0 Å². The van der Waals surface area contributed by atoms with Gasteiger partial charge in [0.15, 0.2) is 0 Å². The van der Waals surface area contributed by atoms with Crippen molar-refractivity contribution in [1.29, 1.82) is 0 Å². The third kappa shape index (κ3) is 2.87. The Morgan fingerprint density at radius 1 is 1.39 bits per heavy atom. The standard InChI is InChI=1S/C14H23N3O/c1-4-13-12(9-10(2)16-17-13)14(15-3)11-5-7-18-8-6-11/h9,11,14-15H,4-8H2,1-3H3. The van der Waals surface area contributed by atoms with Crippen molar-refractivity contribution in [1.82, 2.24) is 15.5 Å². The Morgan fingerprint density at radius 2 is 2.11 bits per heavy atom. The minimum Gasteiger partial charge on any atom is -0.381 e. The molecule has 1 aromatic rings. The zero-order chi connectivity index (χ0) is 13.0. The highest BCUT2D eigenvalue weighted by atomic mass is 16.5. The third-order valence-electron chi connectivity index (χ3n) is 3.74. The van der Waals surface area contributed by atoms with Gasteiger partial charge < -0.3 is 10.1 Å². The highest BCUT2D eigenvalue weighted by Crippen LogP contribution is 2.31. The van der Waals surface area contributed by atoms with Crippen molar-refractivity contribution in [3.8, 4) is 0 Å². The zero-order valence-electron chi connectivity index (χ0n) is 11.6. The molecule has 1 atom stereocenters. The summed E-state index contributed by atoms with van der Waals surface area (Å²) < 4.78 is 5.45. The molecular weight excluding hydrogens is 226 g/mol. The fourth-order valence-electron chi connectivity index (χ4n) is 2.77. The molecule has 4 heteroatoms. The third-order valence-corrected chi connectivity index (χ3v) is 3.74. The lowest BCUT2D eigenvalue weighted by molar-refractivity contribution is 0.0544. The van der Waals surface area contributed by atoms with Gasteiger partial charge in [-0.15, -0.1) is 0 Å². The summed E-state index contributed by atoms with van der Waals surface area (Å²) in [6.07, 6.45) is 3.18. The lowest BCUT2D eigenvalue weighted by Gasteiger charge is -2.31. The number of rotatable bonds is 4. The van der Waals surface area contributed by atoms with Crippen LogP contribution in [0.2, 0.25) is 0 Å². The Kier molecular flexibility index (Phi) is 4.66. The first-order chi connectivity index (χ1) is 8.76. The molecule has 18 heavy (non-hydrogen) atoms. The minimum atomic E-state index is 0.373. The van der Waals surface area contributed by atoms with Gasteiger partial charge in [-0.2, -0.15) is 10.2 Å². The van der Waals surface area contributed by atoms with Crippen molar-refractivity contribution in [2.24, 2.45) is 5.92 Å². The molecule has 1 unspecified atom stereocenters. The van der Waals surface area contributed by atoms with Gasteiger partial charge in [0, 0.05) is 19.3 Å². The van der Waals surface area contributed by atoms with Crippen LogP contribution in [0, 0.1) is 12.8 Å². The molecule has 0 aliphatic carbocycles. The Morgan fingerprint density at radius 3 is 2.72 bits per heavy atom. The summed E-state index contributed by atoms with van der Waals surface area (Å²) in [6, 6.07) is 2.56. The molecule has 0 radical (unpaired) electrons. The summed E-state index contributed by atoms with van der Waals surface area (Å²) in [5, 5.41) is 12.0. The van der Waals surface area contributed by atoms with Gasteiger partial charge in [-0.05, 0) is 50.8 Å². The van der Waals surface area contributed by atoms with Gasteiger partial charge in [0.2, 0.25) is 0 Å². The number of aryl methyl sites for hydroxylation is 2. The van der Waals surface area contributed by atoms with E-state index >= 15 is 0 Å². The molecule has 4 nitrogen and oxygen atoms in total. The van der Waals surface area contributed by atoms with Gasteiger partial charge in [0.1, 0.15) is 0 Å². The molecule has 1 N–H and O–H groups in total. The Hall–Kier alpha value is -1.00. The van der Waals surface area contributed by atoms with Crippen LogP contribution in [0.4, 0.5) is 0 Å². The Balaban J connectivity index is 2.27. The fourth-order valence-corrected chi connectivity index (χ4v) is 2.77. The summed E-state index contributed by atoms with van der Waals surface area (Å²) in [7, 11) is 2.04. The maximum absolute atomic E-state index is 5.45. The van der Waals surface area contributed by atoms with Crippen LogP contribution in [0.15, 0.2) is 6.07 Å². The summed E-state index contributed by atoms with van der Waals surface area (Å²) in [5.41, 5.74) is 3.43. The highest BCUT2D eigenvalue weighted by Gasteiger charge is 2.26. The van der Waals surface area contributed by atoms with E-state index in [1.54, 1.807) is 0 Å². The van der Waals surface area contributed by atoms with E-state index in [1.807, 2.05) is 14.0 Å². The fraction of sp³-hybridized carbons (Fsp3) is 0.714. The first-order valence-corrected chi connectivity index (χ1v) is 6.84. The summed E-state index contributed by atoms with van der Waals surface area (Å²) >= 11 is 0. The Labute approximate surface area is 109 Å². The lowest BCUT2D eigenvalue weighted by Crippen LogP contribution is -2.31. The molecule has 1 fully saturated rings. The molecule has 1 saturated heterocycles. The summed E-state index contributed by atoms with van der Waals surface area (Å²) in [5.74, 6) is 0.637. The van der Waals surface area contributed by atoms with Crippen molar-refractivity contribution in [3.05, 3.63) is 23.0 Å². The lowest BCUT2D eigenvalue weighted by atomic mass is 9.86. The molecule has 1 aromatic heterocycles. The second-order valence-electron chi connectivity index (χ2n) is 4.96. The number of aromatic nitrogens is 2. The maximum Gasteiger partial charge on any atom is 0.0676 e. The molecule has 1 aliphatic rings. The van der Waals surface area contributed by atoms with Crippen LogP contribution >= 0.6 is 0 Å². The smallest absolute Gasteiger partial charge is 0.0676 e. The van der Waals surface area contributed by atoms with Gasteiger partial charge in [-0.3, -0.25) is 0 Å². The SMILES string of the molecule is CCc1nnc(C)cc1C(NC)C1CCOCC1. The van der Waals surface area contributed by atoms with Crippen molar-refractivity contribution in [3.63, 3.8) is 0 Å². The second-order valence-corrected chi connectivity index (χ2v) is 4.96. The zero-order valence-corrected chi connectivity index (χ0v) is 11.6. The van der Waals surface area contributed by atoms with Crippen LogP contribution in [0.1, 0.15) is 42.8 Å². The minimum absolute atomic E-state index is 0.373. The van der Waals surface area contributed by atoms with E-state index in [1.165, 1.54) is 5.56 Å². The van der Waals surface area contributed by atoms with Gasteiger partial charge >= 0.3 is 0 Å². The van der Waals surface area contributed by atoms with Crippen LogP contribution in [-0.4, -0.2) is 30.5 Å². The van der Waals surface area contributed by atoms with Gasteiger partial charge in [0.05, 0.1) is 11.4 Å². The number of hydrogen-bond donors (Lipinski definition) is 1. The highest BCUT2D eigenvalue weighted by molar-refractivity contribution is 5.25. The predicted molar refractivity (Wildman–Crippen MR) is 71.5 cm³/mol. The van der Waals surface area contributed by atoms with E-state index in [-0.39, 0.29) is 0 Å². The van der Waals surface area contributed by atoms with E-state index in [2.05, 4.69) is 28.5 Å². The quantitative estimate of drug-likeness (QED) is 0.887. The number of ether oxygens (including phenoxy) is 1. The molecule has 0 amide bonds. The van der Waals surface area contributed by atoms with Crippen molar-refractivity contribution in [2.45, 2.75) is 39.2 Å². The van der Waals surface area contributed by atoms with Gasteiger partial charge in [0.25, 0.3) is 0 Å². The van der Waals surface area contributed by atoms with Gasteiger partial charge in [-0.25, -0.2) is 0 Å². The van der Waals surface area contributed by atoms with E-state index in [0.717, 1.165) is 43.9 Å². The van der Waals surface area contributed by atoms with E-state index in [0.29, 0.717) is 12.0 Å². The number of nitrogens with one attached hydrogen (secondary N) is 1. The largest absolute Gasteiger partial charge is 0.381 e.